The van der Waals surface area contributed by atoms with E-state index in [1.807, 2.05) is 67.6 Å². The molecule has 0 saturated carbocycles. The summed E-state index contributed by atoms with van der Waals surface area (Å²) in [6, 6.07) is 19.5. The maximum absolute atomic E-state index is 11.6. The van der Waals surface area contributed by atoms with Crippen LogP contribution in [0, 0.1) is 0 Å². The summed E-state index contributed by atoms with van der Waals surface area (Å²) in [6.07, 6.45) is 5.27. The largest absolute Gasteiger partial charge is 0.334 e. The zero-order chi connectivity index (χ0) is 33.5. The molecule has 0 bridgehead atoms. The highest BCUT2D eigenvalue weighted by atomic mass is 35.5. The molecule has 0 unspecified atom stereocenters. The van der Waals surface area contributed by atoms with E-state index in [9.17, 15) is 25.9 Å². The van der Waals surface area contributed by atoms with E-state index >= 15 is 0 Å². The van der Waals surface area contributed by atoms with Crippen molar-refractivity contribution >= 4 is 110 Å². The summed E-state index contributed by atoms with van der Waals surface area (Å²) < 4.78 is 68.3. The van der Waals surface area contributed by atoms with Crippen LogP contribution >= 0.6 is 46.3 Å². The average molecular weight is 751 g/mol. The molecule has 2 heterocycles. The number of aromatic nitrogens is 1. The Kier molecular flexibility index (Phi) is 9.95. The van der Waals surface area contributed by atoms with Crippen molar-refractivity contribution in [1.29, 1.82) is 0 Å². The number of nitrogens with zero attached hydrogens (tertiary/aromatic N) is 2. The highest BCUT2D eigenvalue weighted by molar-refractivity contribution is 8.03. The minimum atomic E-state index is -4.13. The maximum Gasteiger partial charge on any atom is 0.265 e. The van der Waals surface area contributed by atoms with Crippen molar-refractivity contribution in [1.82, 2.24) is 0 Å². The lowest BCUT2D eigenvalue weighted by Gasteiger charge is -2.22. The number of fused-ring (bicyclic) bond motifs is 6. The van der Waals surface area contributed by atoms with Crippen molar-refractivity contribution in [2.45, 2.75) is 37.6 Å². The van der Waals surface area contributed by atoms with Crippen LogP contribution in [0.25, 0.3) is 37.8 Å². The minimum absolute atomic E-state index is 0.218. The lowest BCUT2D eigenvalue weighted by molar-refractivity contribution is -0.667. The van der Waals surface area contributed by atoms with E-state index in [-0.39, 0.29) is 24.3 Å². The van der Waals surface area contributed by atoms with Gasteiger partial charge in [-0.1, -0.05) is 95.7 Å². The van der Waals surface area contributed by atoms with Crippen LogP contribution in [0.2, 0.25) is 10.0 Å². The molecule has 2 N–H and O–H groups in total. The number of benzene rings is 4. The smallest absolute Gasteiger partial charge is 0.265 e. The molecular weight excluding hydrogens is 720 g/mol. The van der Waals surface area contributed by atoms with Crippen LogP contribution in [-0.2, 0) is 26.8 Å². The fourth-order valence-corrected chi connectivity index (χ4v) is 9.99. The third kappa shape index (κ3) is 7.50. The SMILES string of the molecule is CCC(=Cc1sc2cc(Cl)c3ccccc3c2[n+]1CCCS(=O)(=O)O)C=C1Sc2cc(Cl)c3ccccc3c2N1CCCS(=O)(=O)O. The lowest BCUT2D eigenvalue weighted by Crippen LogP contribution is -2.36. The molecular formula is C33H31Cl2N2O6S4+. The summed E-state index contributed by atoms with van der Waals surface area (Å²) in [7, 11) is -8.26. The van der Waals surface area contributed by atoms with E-state index in [0.29, 0.717) is 29.6 Å². The Morgan fingerprint density at radius 1 is 0.872 bits per heavy atom. The Balaban J connectivity index is 1.47. The number of hydrogen-bond donors (Lipinski definition) is 2. The topological polar surface area (TPSA) is 116 Å². The fourth-order valence-electron chi connectivity index (χ4n) is 5.88. The molecule has 14 heteroatoms. The molecule has 0 saturated heterocycles. The Morgan fingerprint density at radius 3 is 2.13 bits per heavy atom. The second kappa shape index (κ2) is 13.7. The van der Waals surface area contributed by atoms with Gasteiger partial charge in [-0.2, -0.15) is 21.4 Å². The first-order valence-corrected chi connectivity index (χ1v) is 20.5. The number of hydrogen-bond acceptors (Lipinski definition) is 7. The molecule has 1 aliphatic rings. The number of allylic oxidation sites excluding steroid dienone is 2. The number of rotatable bonds is 11. The lowest BCUT2D eigenvalue weighted by atomic mass is 10.1. The summed E-state index contributed by atoms with van der Waals surface area (Å²) in [5.74, 6) is -0.721. The first-order chi connectivity index (χ1) is 22.3. The number of aryl methyl sites for hydroxylation is 1. The molecule has 0 radical (unpaired) electrons. The van der Waals surface area contributed by atoms with Gasteiger partial charge in [-0.05, 0) is 42.7 Å². The monoisotopic (exact) mass is 749 g/mol. The first kappa shape index (κ1) is 34.2. The number of thioether (sulfide) groups is 1. The average Bonchev–Trinajstić information content (AvgIpc) is 3.52. The van der Waals surface area contributed by atoms with Gasteiger partial charge in [-0.15, -0.1) is 0 Å². The Labute approximate surface area is 291 Å². The summed E-state index contributed by atoms with van der Waals surface area (Å²) in [5, 5.41) is 6.71. The van der Waals surface area contributed by atoms with Crippen molar-refractivity contribution in [2.75, 3.05) is 23.0 Å². The van der Waals surface area contributed by atoms with Gasteiger partial charge >= 0.3 is 0 Å². The van der Waals surface area contributed by atoms with Crippen molar-refractivity contribution in [3.8, 4) is 0 Å². The molecule has 5 aromatic rings. The summed E-state index contributed by atoms with van der Waals surface area (Å²) in [4.78, 5) is 3.04. The number of halogens is 2. The van der Waals surface area contributed by atoms with Gasteiger partial charge in [0.2, 0.25) is 5.52 Å². The zero-order valence-corrected chi connectivity index (χ0v) is 30.0. The van der Waals surface area contributed by atoms with E-state index in [0.717, 1.165) is 58.0 Å². The Bertz CT molecular complexity index is 2320. The van der Waals surface area contributed by atoms with E-state index in [2.05, 4.69) is 21.6 Å². The summed E-state index contributed by atoms with van der Waals surface area (Å²) >= 11 is 16.5. The molecule has 0 amide bonds. The number of anilines is 1. The molecule has 0 aliphatic carbocycles. The quantitative estimate of drug-likeness (QED) is 0.102. The van der Waals surface area contributed by atoms with E-state index < -0.39 is 20.2 Å². The minimum Gasteiger partial charge on any atom is -0.334 e. The standard InChI is InChI=1S/C33H30Cl2N2O6S4/c1-2-21(17-30-36(13-7-15-46(38,39)40)32-24-11-5-3-9-22(24)26(34)19-28(32)44-30)18-31-37(14-8-16-47(41,42)43)33-25-12-6-4-10-23(25)27(35)20-29(33)45-31/h3-6,9-12,17-20H,2,7-8,13-16H2,1H3,(H-,38,39,40,41,42,43)/p+1. The second-order valence-electron chi connectivity index (χ2n) is 11.2. The third-order valence-corrected chi connectivity index (χ3v) is 12.3. The highest BCUT2D eigenvalue weighted by Gasteiger charge is 2.29. The summed E-state index contributed by atoms with van der Waals surface area (Å²) in [6.45, 7) is 2.77. The van der Waals surface area contributed by atoms with E-state index in [1.54, 1.807) is 23.1 Å². The third-order valence-electron chi connectivity index (χ3n) is 7.96. The maximum atomic E-state index is 11.6. The molecule has 1 aliphatic heterocycles. The van der Waals surface area contributed by atoms with Crippen LogP contribution in [-0.4, -0.2) is 44.0 Å². The normalized spacial score (nSPS) is 15.0. The molecule has 8 nitrogen and oxygen atoms in total. The molecule has 0 atom stereocenters. The van der Waals surface area contributed by atoms with Crippen molar-refractivity contribution in [2.24, 2.45) is 0 Å². The van der Waals surface area contributed by atoms with Crippen LogP contribution in [0.5, 0.6) is 0 Å². The van der Waals surface area contributed by atoms with Gasteiger partial charge in [0, 0.05) is 45.1 Å². The van der Waals surface area contributed by atoms with Gasteiger partial charge < -0.3 is 4.90 Å². The van der Waals surface area contributed by atoms with Gasteiger partial charge in [0.25, 0.3) is 25.2 Å². The van der Waals surface area contributed by atoms with Crippen LogP contribution in [0.3, 0.4) is 0 Å². The van der Waals surface area contributed by atoms with Crippen molar-refractivity contribution in [3.63, 3.8) is 0 Å². The second-order valence-corrected chi connectivity index (χ2v) is 17.3. The van der Waals surface area contributed by atoms with Crippen LogP contribution in [0.1, 0.15) is 31.2 Å². The van der Waals surface area contributed by atoms with Gasteiger partial charge in [0.05, 0.1) is 32.6 Å². The molecule has 246 valence electrons. The molecule has 1 aromatic heterocycles. The summed E-state index contributed by atoms with van der Waals surface area (Å²) in [5.41, 5.74) is 2.87. The Hall–Kier alpha value is -2.68. The number of thiazole rings is 1. The van der Waals surface area contributed by atoms with E-state index in [1.165, 1.54) is 0 Å². The molecule has 0 fully saturated rings. The highest BCUT2D eigenvalue weighted by Crippen LogP contribution is 2.51. The predicted molar refractivity (Wildman–Crippen MR) is 195 cm³/mol. The Morgan fingerprint density at radius 2 is 1.47 bits per heavy atom. The van der Waals surface area contributed by atoms with Gasteiger partial charge in [-0.3, -0.25) is 9.11 Å². The fraction of sp³-hybridized carbons (Fsp3) is 0.242. The van der Waals surface area contributed by atoms with Gasteiger partial charge in [0.15, 0.2) is 6.54 Å². The molecule has 4 aromatic carbocycles. The zero-order valence-electron chi connectivity index (χ0n) is 25.2. The van der Waals surface area contributed by atoms with Gasteiger partial charge in [0.1, 0.15) is 4.70 Å². The van der Waals surface area contributed by atoms with Gasteiger partial charge in [-0.25, -0.2) is 0 Å². The van der Waals surface area contributed by atoms with Crippen molar-refractivity contribution < 1.29 is 30.5 Å². The van der Waals surface area contributed by atoms with Crippen LogP contribution in [0.4, 0.5) is 5.69 Å². The first-order valence-electron chi connectivity index (χ1n) is 14.9. The van der Waals surface area contributed by atoms with E-state index in [4.69, 9.17) is 23.2 Å². The van der Waals surface area contributed by atoms with Crippen molar-refractivity contribution in [3.05, 3.63) is 92.4 Å². The van der Waals surface area contributed by atoms with Crippen LogP contribution in [0.15, 0.2) is 82.2 Å². The van der Waals surface area contributed by atoms with Crippen LogP contribution < -0.4 is 9.47 Å². The molecule has 47 heavy (non-hydrogen) atoms. The molecule has 6 rings (SSSR count). The molecule has 0 spiro atoms. The predicted octanol–water partition coefficient (Wildman–Crippen LogP) is 8.60.